The van der Waals surface area contributed by atoms with Crippen LogP contribution in [0.2, 0.25) is 0 Å². The highest BCUT2D eigenvalue weighted by Crippen LogP contribution is 2.11. The molecule has 0 heterocycles. The Labute approximate surface area is 97.4 Å². The zero-order valence-electron chi connectivity index (χ0n) is 9.73. The fraction of sp³-hybridized carbons (Fsp3) is 0.200. The fourth-order valence-electron chi connectivity index (χ4n) is 1.19. The molecule has 1 aromatic rings. The van der Waals surface area contributed by atoms with Crippen molar-refractivity contribution in [3.8, 4) is 18.1 Å². The van der Waals surface area contributed by atoms with Crippen molar-refractivity contribution in [2.24, 2.45) is 0 Å². The van der Waals surface area contributed by atoms with Gasteiger partial charge < -0.3 is 4.74 Å². The maximum Gasteiger partial charge on any atom is 0.119 e. The van der Waals surface area contributed by atoms with Gasteiger partial charge in [0, 0.05) is 0 Å². The average Bonchev–Trinajstić information content (AvgIpc) is 2.27. The van der Waals surface area contributed by atoms with Crippen LogP contribution in [0.25, 0.3) is 0 Å². The van der Waals surface area contributed by atoms with Gasteiger partial charge in [0.15, 0.2) is 0 Å². The van der Waals surface area contributed by atoms with E-state index in [0.29, 0.717) is 6.61 Å². The van der Waals surface area contributed by atoms with Crippen LogP contribution < -0.4 is 4.74 Å². The molecule has 0 aliphatic heterocycles. The molecule has 0 radical (unpaired) electrons. The molecule has 0 spiro atoms. The molecule has 0 N–H and O–H groups in total. The standard InChI is InChI=1S/C15H16O/c1-4-6-13(2)7-5-12-16-15-10-8-14(3)9-11-15/h1,5-11H,12H2,2-3H3/b7-5-,13-6-. The predicted molar refractivity (Wildman–Crippen MR) is 68.4 cm³/mol. The van der Waals surface area contributed by atoms with Gasteiger partial charge in [-0.05, 0) is 43.7 Å². The van der Waals surface area contributed by atoms with Gasteiger partial charge in [-0.2, -0.15) is 0 Å². The van der Waals surface area contributed by atoms with Crippen molar-refractivity contribution < 1.29 is 4.74 Å². The molecule has 0 fully saturated rings. The van der Waals surface area contributed by atoms with Crippen molar-refractivity contribution in [1.82, 2.24) is 0 Å². The maximum atomic E-state index is 5.52. The summed E-state index contributed by atoms with van der Waals surface area (Å²) >= 11 is 0. The first-order valence-corrected chi connectivity index (χ1v) is 5.21. The normalized spacial score (nSPS) is 11.4. The SMILES string of the molecule is C#C/C=C(C)\C=C/COc1ccc(C)cc1. The third kappa shape index (κ3) is 4.52. The summed E-state index contributed by atoms with van der Waals surface area (Å²) in [5.74, 6) is 3.36. The van der Waals surface area contributed by atoms with Crippen molar-refractivity contribution in [2.45, 2.75) is 13.8 Å². The van der Waals surface area contributed by atoms with Gasteiger partial charge in [-0.1, -0.05) is 29.7 Å². The quantitative estimate of drug-likeness (QED) is 0.548. The van der Waals surface area contributed by atoms with E-state index in [0.717, 1.165) is 11.3 Å². The van der Waals surface area contributed by atoms with Gasteiger partial charge in [-0.3, -0.25) is 0 Å². The van der Waals surface area contributed by atoms with E-state index in [4.69, 9.17) is 11.2 Å². The molecular formula is C15H16O. The number of rotatable bonds is 4. The summed E-state index contributed by atoms with van der Waals surface area (Å²) in [6.45, 7) is 4.57. The first kappa shape index (κ1) is 12.1. The number of benzene rings is 1. The lowest BCUT2D eigenvalue weighted by Crippen LogP contribution is -1.92. The number of terminal acetylenes is 1. The van der Waals surface area contributed by atoms with Crippen LogP contribution >= 0.6 is 0 Å². The number of allylic oxidation sites excluding steroid dienone is 3. The van der Waals surface area contributed by atoms with Gasteiger partial charge in [0.25, 0.3) is 0 Å². The Bertz CT molecular complexity index is 416. The summed E-state index contributed by atoms with van der Waals surface area (Å²) in [5, 5.41) is 0. The van der Waals surface area contributed by atoms with Crippen LogP contribution in [0.1, 0.15) is 12.5 Å². The van der Waals surface area contributed by atoms with Crippen molar-refractivity contribution in [2.75, 3.05) is 6.61 Å². The molecule has 0 aliphatic carbocycles. The Morgan fingerprint density at radius 1 is 1.38 bits per heavy atom. The van der Waals surface area contributed by atoms with E-state index in [9.17, 15) is 0 Å². The maximum absolute atomic E-state index is 5.52. The van der Waals surface area contributed by atoms with Crippen LogP contribution in [-0.2, 0) is 0 Å². The van der Waals surface area contributed by atoms with Gasteiger partial charge >= 0.3 is 0 Å². The molecule has 1 nitrogen and oxygen atoms in total. The molecule has 1 heteroatoms. The Morgan fingerprint density at radius 2 is 2.06 bits per heavy atom. The van der Waals surface area contributed by atoms with E-state index in [1.807, 2.05) is 43.3 Å². The number of aryl methyl sites for hydroxylation is 1. The third-order valence-electron chi connectivity index (χ3n) is 2.06. The van der Waals surface area contributed by atoms with Gasteiger partial charge in [0.2, 0.25) is 0 Å². The van der Waals surface area contributed by atoms with Crippen LogP contribution in [0.3, 0.4) is 0 Å². The van der Waals surface area contributed by atoms with Crippen LogP contribution in [-0.4, -0.2) is 6.61 Å². The Kier molecular flexibility index (Phi) is 4.95. The van der Waals surface area contributed by atoms with E-state index in [1.165, 1.54) is 5.56 Å². The van der Waals surface area contributed by atoms with Crippen molar-refractivity contribution in [3.63, 3.8) is 0 Å². The molecule has 0 bridgehead atoms. The molecule has 1 rings (SSSR count). The highest BCUT2D eigenvalue weighted by molar-refractivity contribution is 5.27. The second-order valence-corrected chi connectivity index (χ2v) is 3.58. The van der Waals surface area contributed by atoms with Crippen LogP contribution in [0.4, 0.5) is 0 Å². The van der Waals surface area contributed by atoms with Crippen LogP contribution in [0.15, 0.2) is 48.1 Å². The molecule has 1 aromatic carbocycles. The lowest BCUT2D eigenvalue weighted by atomic mass is 10.2. The number of hydrogen-bond acceptors (Lipinski definition) is 1. The first-order chi connectivity index (χ1) is 7.72. The molecule has 16 heavy (non-hydrogen) atoms. The molecule has 0 saturated carbocycles. The monoisotopic (exact) mass is 212 g/mol. The minimum absolute atomic E-state index is 0.554. The largest absolute Gasteiger partial charge is 0.490 e. The summed E-state index contributed by atoms with van der Waals surface area (Å²) < 4.78 is 5.52. The molecule has 0 atom stereocenters. The van der Waals surface area contributed by atoms with Gasteiger partial charge in [-0.15, -0.1) is 6.42 Å². The number of ether oxygens (including phenoxy) is 1. The summed E-state index contributed by atoms with van der Waals surface area (Å²) in [4.78, 5) is 0. The minimum Gasteiger partial charge on any atom is -0.490 e. The molecular weight excluding hydrogens is 196 g/mol. The molecule has 0 saturated heterocycles. The van der Waals surface area contributed by atoms with E-state index >= 15 is 0 Å². The topological polar surface area (TPSA) is 9.23 Å². The molecule has 0 unspecified atom stereocenters. The molecule has 82 valence electrons. The Balaban J connectivity index is 2.39. The second-order valence-electron chi connectivity index (χ2n) is 3.58. The fourth-order valence-corrected chi connectivity index (χ4v) is 1.19. The van der Waals surface area contributed by atoms with E-state index in [1.54, 1.807) is 6.08 Å². The number of hydrogen-bond donors (Lipinski definition) is 0. The second kappa shape index (κ2) is 6.53. The van der Waals surface area contributed by atoms with Crippen LogP contribution in [0, 0.1) is 19.3 Å². The van der Waals surface area contributed by atoms with Gasteiger partial charge in [0.05, 0.1) is 0 Å². The van der Waals surface area contributed by atoms with Crippen molar-refractivity contribution in [1.29, 1.82) is 0 Å². The Hall–Kier alpha value is -1.94. The van der Waals surface area contributed by atoms with Crippen molar-refractivity contribution >= 4 is 0 Å². The van der Waals surface area contributed by atoms with Gasteiger partial charge in [0.1, 0.15) is 12.4 Å². The summed E-state index contributed by atoms with van der Waals surface area (Å²) in [5.41, 5.74) is 2.28. The zero-order chi connectivity index (χ0) is 11.8. The molecule has 0 aromatic heterocycles. The lowest BCUT2D eigenvalue weighted by Gasteiger charge is -2.02. The van der Waals surface area contributed by atoms with E-state index in [-0.39, 0.29) is 0 Å². The first-order valence-electron chi connectivity index (χ1n) is 5.21. The molecule has 0 aliphatic rings. The highest BCUT2D eigenvalue weighted by Gasteiger charge is 1.90. The van der Waals surface area contributed by atoms with Crippen LogP contribution in [0.5, 0.6) is 5.75 Å². The smallest absolute Gasteiger partial charge is 0.119 e. The summed E-state index contributed by atoms with van der Waals surface area (Å²) in [6, 6.07) is 7.99. The zero-order valence-corrected chi connectivity index (χ0v) is 9.73. The summed E-state index contributed by atoms with van der Waals surface area (Å²) in [6.07, 6.45) is 10.8. The summed E-state index contributed by atoms with van der Waals surface area (Å²) in [7, 11) is 0. The van der Waals surface area contributed by atoms with E-state index in [2.05, 4.69) is 12.8 Å². The molecule has 0 amide bonds. The Morgan fingerprint density at radius 3 is 2.69 bits per heavy atom. The minimum atomic E-state index is 0.554. The average molecular weight is 212 g/mol. The van der Waals surface area contributed by atoms with Crippen molar-refractivity contribution in [3.05, 3.63) is 53.6 Å². The highest BCUT2D eigenvalue weighted by atomic mass is 16.5. The predicted octanol–water partition coefficient (Wildman–Crippen LogP) is 3.51. The van der Waals surface area contributed by atoms with Gasteiger partial charge in [-0.25, -0.2) is 0 Å². The van der Waals surface area contributed by atoms with E-state index < -0.39 is 0 Å². The third-order valence-corrected chi connectivity index (χ3v) is 2.06. The lowest BCUT2D eigenvalue weighted by molar-refractivity contribution is 0.363.